The third-order valence-electron chi connectivity index (χ3n) is 0.862. The molecule has 0 aromatic heterocycles. The van der Waals surface area contributed by atoms with Crippen LogP contribution in [0.5, 0.6) is 0 Å². The molecule has 0 aliphatic rings. The average molecular weight is 249 g/mol. The molecule has 0 radical (unpaired) electrons. The van der Waals surface area contributed by atoms with Crippen LogP contribution in [0.1, 0.15) is 20.8 Å². The van der Waals surface area contributed by atoms with E-state index in [0.29, 0.717) is 19.8 Å². The van der Waals surface area contributed by atoms with Crippen LogP contribution in [0.4, 0.5) is 0 Å². The van der Waals surface area contributed by atoms with E-state index in [0.717, 1.165) is 0 Å². The molecule has 0 aliphatic carbocycles. The molecule has 0 aliphatic heterocycles. The maximum absolute atomic E-state index is 11.3. The normalized spacial score (nSPS) is 10.6. The summed E-state index contributed by atoms with van der Waals surface area (Å²) in [6.07, 6.45) is 0. The second-order valence-electron chi connectivity index (χ2n) is 1.82. The average Bonchev–Trinajstić information content (AvgIpc) is 2.06. The van der Waals surface area contributed by atoms with Crippen molar-refractivity contribution in [2.24, 2.45) is 0 Å². The van der Waals surface area contributed by atoms with Gasteiger partial charge in [0.1, 0.15) is 6.07 Å². The Labute approximate surface area is 89.9 Å². The summed E-state index contributed by atoms with van der Waals surface area (Å²) in [6.45, 7) is 6.21. The maximum atomic E-state index is 11.3. The summed E-state index contributed by atoms with van der Waals surface area (Å²) in [5.41, 5.74) is 0. The predicted molar refractivity (Wildman–Crippen MR) is 55.4 cm³/mol. The zero-order valence-corrected chi connectivity index (χ0v) is 10.4. The molecule has 0 fully saturated rings. The molecule has 0 aromatic carbocycles. The molecular weight excluding hydrogens is 230 g/mol. The molecule has 0 aromatic rings. The highest BCUT2D eigenvalue weighted by Crippen LogP contribution is 2.48. The predicted octanol–water partition coefficient (Wildman–Crippen LogP) is 2.38. The van der Waals surface area contributed by atoms with Gasteiger partial charge in [-0.05, 0) is 20.8 Å². The molecule has 0 heterocycles. The van der Waals surface area contributed by atoms with Gasteiger partial charge >= 0.3 is 7.82 Å². The number of aliphatic hydroxyl groups is 1. The van der Waals surface area contributed by atoms with Crippen LogP contribution >= 0.6 is 19.4 Å². The number of aliphatic hydroxyl groups excluding tert-OH is 1. The number of phosphoric ester groups is 1. The first kappa shape index (κ1) is 16.8. The van der Waals surface area contributed by atoms with Crippen LogP contribution in [0.25, 0.3) is 0 Å². The smallest absolute Gasteiger partial charge is 0.381 e. The number of alkyl halides is 1. The summed E-state index contributed by atoms with van der Waals surface area (Å²) in [6, 6.07) is -0.278. The number of hydrogen-bond acceptors (Lipinski definition) is 5. The Balaban J connectivity index is 0. The Bertz CT molecular complexity index is 131. The standard InChI is InChI=1S/C6H15O4P.CH3ClO/c1-4-8-11(7,9-5-2)10-6-3;2-1-3/h4-6H2,1-3H3;3H,1H2. The van der Waals surface area contributed by atoms with E-state index in [1.807, 2.05) is 0 Å². The van der Waals surface area contributed by atoms with Crippen molar-refractivity contribution >= 4 is 19.4 Å². The van der Waals surface area contributed by atoms with Crippen molar-refractivity contribution in [2.75, 3.05) is 25.9 Å². The molecule has 0 atom stereocenters. The number of halogens is 1. The fraction of sp³-hybridized carbons (Fsp3) is 1.00. The summed E-state index contributed by atoms with van der Waals surface area (Å²) >= 11 is 4.55. The lowest BCUT2D eigenvalue weighted by molar-refractivity contribution is 0.126. The van der Waals surface area contributed by atoms with E-state index < -0.39 is 7.82 Å². The molecule has 14 heavy (non-hydrogen) atoms. The van der Waals surface area contributed by atoms with Crippen molar-refractivity contribution in [3.8, 4) is 0 Å². The van der Waals surface area contributed by atoms with E-state index in [4.69, 9.17) is 18.7 Å². The minimum absolute atomic E-state index is 0.278. The first-order chi connectivity index (χ1) is 6.60. The van der Waals surface area contributed by atoms with Crippen LogP contribution in [0.15, 0.2) is 0 Å². The Hall–Kier alpha value is 0.360. The Morgan fingerprint density at radius 2 is 1.29 bits per heavy atom. The highest BCUT2D eigenvalue weighted by atomic mass is 35.5. The van der Waals surface area contributed by atoms with Crippen LogP contribution < -0.4 is 0 Å². The second kappa shape index (κ2) is 11.4. The molecule has 0 unspecified atom stereocenters. The molecule has 5 nitrogen and oxygen atoms in total. The largest absolute Gasteiger partial charge is 0.474 e. The van der Waals surface area contributed by atoms with Crippen molar-refractivity contribution in [1.29, 1.82) is 0 Å². The molecule has 1 N–H and O–H groups in total. The van der Waals surface area contributed by atoms with E-state index in [1.165, 1.54) is 0 Å². The van der Waals surface area contributed by atoms with Gasteiger partial charge < -0.3 is 5.11 Å². The van der Waals surface area contributed by atoms with Crippen molar-refractivity contribution in [3.05, 3.63) is 0 Å². The summed E-state index contributed by atoms with van der Waals surface area (Å²) in [7, 11) is -3.22. The van der Waals surface area contributed by atoms with Crippen molar-refractivity contribution in [1.82, 2.24) is 0 Å². The lowest BCUT2D eigenvalue weighted by Gasteiger charge is -2.14. The van der Waals surface area contributed by atoms with E-state index in [9.17, 15) is 4.57 Å². The van der Waals surface area contributed by atoms with Gasteiger partial charge in [0.05, 0.1) is 19.8 Å². The van der Waals surface area contributed by atoms with Gasteiger partial charge in [-0.1, -0.05) is 11.6 Å². The van der Waals surface area contributed by atoms with Crippen molar-refractivity contribution < 1.29 is 23.2 Å². The molecule has 88 valence electrons. The molecular formula is C7H18ClO5P. The van der Waals surface area contributed by atoms with Gasteiger partial charge in [0.15, 0.2) is 0 Å². The molecule has 0 bridgehead atoms. The fourth-order valence-electron chi connectivity index (χ4n) is 0.586. The van der Waals surface area contributed by atoms with Crippen molar-refractivity contribution in [2.45, 2.75) is 20.8 Å². The second-order valence-corrected chi connectivity index (χ2v) is 3.73. The summed E-state index contributed by atoms with van der Waals surface area (Å²) in [5, 5.41) is 7.33. The van der Waals surface area contributed by atoms with Gasteiger partial charge in [0.2, 0.25) is 0 Å². The monoisotopic (exact) mass is 248 g/mol. The Kier molecular flexibility index (Phi) is 13.7. The van der Waals surface area contributed by atoms with Crippen LogP contribution in [0, 0.1) is 0 Å². The zero-order valence-electron chi connectivity index (χ0n) is 8.73. The number of rotatable bonds is 6. The first-order valence-corrected chi connectivity index (χ1v) is 6.30. The van der Waals surface area contributed by atoms with Crippen LogP contribution in [0.2, 0.25) is 0 Å². The van der Waals surface area contributed by atoms with Crippen LogP contribution in [-0.2, 0) is 18.1 Å². The Morgan fingerprint density at radius 3 is 1.43 bits per heavy atom. The lowest BCUT2D eigenvalue weighted by atomic mass is 10.9. The molecule has 0 rings (SSSR count). The summed E-state index contributed by atoms with van der Waals surface area (Å²) in [4.78, 5) is 0. The highest BCUT2D eigenvalue weighted by Gasteiger charge is 2.23. The molecule has 0 amide bonds. The third kappa shape index (κ3) is 10.4. The third-order valence-corrected chi connectivity index (χ3v) is 2.58. The minimum Gasteiger partial charge on any atom is -0.381 e. The summed E-state index contributed by atoms with van der Waals surface area (Å²) in [5.74, 6) is 0. The number of phosphoric acid groups is 1. The molecule has 0 saturated carbocycles. The van der Waals surface area contributed by atoms with E-state index >= 15 is 0 Å². The van der Waals surface area contributed by atoms with Gasteiger partial charge in [-0.15, -0.1) is 0 Å². The fourth-order valence-corrected chi connectivity index (χ4v) is 1.76. The minimum atomic E-state index is -3.22. The van der Waals surface area contributed by atoms with E-state index in [2.05, 4.69) is 11.6 Å². The van der Waals surface area contributed by atoms with Gasteiger partial charge in [-0.2, -0.15) is 0 Å². The molecule has 0 spiro atoms. The van der Waals surface area contributed by atoms with Crippen LogP contribution in [-0.4, -0.2) is 31.0 Å². The lowest BCUT2D eigenvalue weighted by Crippen LogP contribution is -1.99. The Morgan fingerprint density at radius 1 is 1.07 bits per heavy atom. The first-order valence-electron chi connectivity index (χ1n) is 4.30. The van der Waals surface area contributed by atoms with Crippen LogP contribution in [0.3, 0.4) is 0 Å². The highest BCUT2D eigenvalue weighted by molar-refractivity contribution is 7.48. The van der Waals surface area contributed by atoms with Gasteiger partial charge in [0.25, 0.3) is 0 Å². The maximum Gasteiger partial charge on any atom is 0.474 e. The van der Waals surface area contributed by atoms with Gasteiger partial charge in [0, 0.05) is 0 Å². The molecule has 7 heteroatoms. The van der Waals surface area contributed by atoms with E-state index in [-0.39, 0.29) is 6.07 Å². The van der Waals surface area contributed by atoms with Gasteiger partial charge in [-0.3, -0.25) is 13.6 Å². The van der Waals surface area contributed by atoms with Crippen molar-refractivity contribution in [3.63, 3.8) is 0 Å². The van der Waals surface area contributed by atoms with Gasteiger partial charge in [-0.25, -0.2) is 4.57 Å². The van der Waals surface area contributed by atoms with E-state index in [1.54, 1.807) is 20.8 Å². The molecule has 0 saturated heterocycles. The zero-order chi connectivity index (χ0) is 11.4. The summed E-state index contributed by atoms with van der Waals surface area (Å²) < 4.78 is 25.8. The SMILES string of the molecule is CCOP(=O)(OCC)OCC.OCCl. The quantitative estimate of drug-likeness (QED) is 0.577. The number of hydrogen-bond donors (Lipinski definition) is 1. The topological polar surface area (TPSA) is 65.0 Å².